The number of carbonyl (C=O) groups is 7. The highest BCUT2D eigenvalue weighted by atomic mass is 32.1. The summed E-state index contributed by atoms with van der Waals surface area (Å²) in [5.41, 5.74) is 16.9. The lowest BCUT2D eigenvalue weighted by Gasteiger charge is -2.28. The van der Waals surface area contributed by atoms with Gasteiger partial charge in [-0.05, 0) is 69.9 Å². The van der Waals surface area contributed by atoms with E-state index in [1.54, 1.807) is 13.8 Å². The Morgan fingerprint density at radius 3 is 1.58 bits per heavy atom. The molecule has 0 aromatic rings. The van der Waals surface area contributed by atoms with E-state index in [0.717, 1.165) is 0 Å². The van der Waals surface area contributed by atoms with Crippen LogP contribution in [-0.4, -0.2) is 114 Å². The quantitative estimate of drug-likeness (QED) is 0.0332. The van der Waals surface area contributed by atoms with Crippen LogP contribution in [0.1, 0.15) is 72.6 Å². The summed E-state index contributed by atoms with van der Waals surface area (Å²) in [4.78, 5) is 89.6. The highest BCUT2D eigenvalue weighted by molar-refractivity contribution is 7.80. The summed E-state index contributed by atoms with van der Waals surface area (Å²) in [7, 11) is 0. The van der Waals surface area contributed by atoms with Crippen molar-refractivity contribution in [1.82, 2.24) is 31.9 Å². The van der Waals surface area contributed by atoms with Gasteiger partial charge in [-0.1, -0.05) is 27.7 Å². The number of amides is 6. The minimum Gasteiger partial charge on any atom is -0.480 e. The molecule has 0 bridgehead atoms. The molecule has 0 aliphatic heterocycles. The predicted molar refractivity (Wildman–Crippen MR) is 196 cm³/mol. The third-order valence-corrected chi connectivity index (χ3v) is 8.28. The van der Waals surface area contributed by atoms with Crippen molar-refractivity contribution in [3.05, 3.63) is 0 Å². The monoisotopic (exact) mass is 749 g/mol. The van der Waals surface area contributed by atoms with E-state index in [1.165, 1.54) is 0 Å². The summed E-state index contributed by atoms with van der Waals surface area (Å²) in [5.74, 6) is -5.82. The number of nitrogens with two attached hydrogens (primary N) is 3. The Kier molecular flexibility index (Phi) is 24.2. The van der Waals surface area contributed by atoms with Crippen LogP contribution < -0.4 is 49.1 Å². The molecule has 0 heterocycles. The molecule has 50 heavy (non-hydrogen) atoms. The molecule has 0 fully saturated rings. The minimum atomic E-state index is -1.28. The summed E-state index contributed by atoms with van der Waals surface area (Å²) < 4.78 is 0. The zero-order valence-electron chi connectivity index (χ0n) is 29.5. The van der Waals surface area contributed by atoms with Gasteiger partial charge in [-0.15, -0.1) is 0 Å². The lowest BCUT2D eigenvalue weighted by Crippen LogP contribution is -2.59. The van der Waals surface area contributed by atoms with E-state index >= 15 is 0 Å². The first-order valence-corrected chi connectivity index (χ1v) is 18.2. The normalized spacial score (nSPS) is 14.8. The van der Waals surface area contributed by atoms with E-state index in [4.69, 9.17) is 17.2 Å². The SMILES string of the molecule is CC(C)C[C@H](NC(=O)[C@H](CCCCN)NC(=O)CNC(=O)[C@H](CCCCN)NC(=O)[C@@H](N)CS)C(=O)N[C@H](C(=O)N[C@@H](CS)C(=O)O)C(C)C. The van der Waals surface area contributed by atoms with Gasteiger partial charge in [0, 0.05) is 11.5 Å². The predicted octanol–water partition coefficient (Wildman–Crippen LogP) is -2.24. The zero-order chi connectivity index (χ0) is 38.4. The average Bonchev–Trinajstić information content (AvgIpc) is 3.05. The summed E-state index contributed by atoms with van der Waals surface area (Å²) in [5, 5.41) is 24.6. The van der Waals surface area contributed by atoms with Gasteiger partial charge in [-0.3, -0.25) is 28.8 Å². The second-order valence-corrected chi connectivity index (χ2v) is 13.5. The van der Waals surface area contributed by atoms with Crippen LogP contribution in [0.3, 0.4) is 0 Å². The Labute approximate surface area is 305 Å². The Morgan fingerprint density at radius 1 is 0.620 bits per heavy atom. The van der Waals surface area contributed by atoms with Crippen LogP contribution >= 0.6 is 25.3 Å². The van der Waals surface area contributed by atoms with Gasteiger partial charge in [0.05, 0.1) is 12.6 Å². The number of unbranched alkanes of at least 4 members (excludes halogenated alkanes) is 2. The maximum atomic E-state index is 13.5. The lowest BCUT2D eigenvalue weighted by atomic mass is 9.99. The van der Waals surface area contributed by atoms with Gasteiger partial charge in [0.25, 0.3) is 0 Å². The van der Waals surface area contributed by atoms with Crippen molar-refractivity contribution < 1.29 is 38.7 Å². The van der Waals surface area contributed by atoms with E-state index in [1.807, 2.05) is 13.8 Å². The van der Waals surface area contributed by atoms with Crippen LogP contribution in [-0.2, 0) is 33.6 Å². The van der Waals surface area contributed by atoms with Crippen LogP contribution in [0.4, 0.5) is 0 Å². The highest BCUT2D eigenvalue weighted by Crippen LogP contribution is 2.10. The second-order valence-electron chi connectivity index (χ2n) is 12.8. The molecule has 0 spiro atoms. The molecule has 19 heteroatoms. The Balaban J connectivity index is 5.80. The van der Waals surface area contributed by atoms with Gasteiger partial charge in [0.1, 0.15) is 30.2 Å². The third kappa shape index (κ3) is 18.7. The van der Waals surface area contributed by atoms with Crippen LogP contribution in [0.2, 0.25) is 0 Å². The summed E-state index contributed by atoms with van der Waals surface area (Å²) in [6.07, 6.45) is 2.79. The molecule has 17 nitrogen and oxygen atoms in total. The number of carboxylic acids is 1. The van der Waals surface area contributed by atoms with E-state index in [0.29, 0.717) is 38.8 Å². The van der Waals surface area contributed by atoms with Gasteiger partial charge in [-0.25, -0.2) is 4.79 Å². The number of hydrogen-bond donors (Lipinski definition) is 12. The fraction of sp³-hybridized carbons (Fsp3) is 0.774. The van der Waals surface area contributed by atoms with E-state index in [2.05, 4.69) is 57.2 Å². The molecule has 0 unspecified atom stereocenters. The maximum absolute atomic E-state index is 13.5. The molecule has 0 saturated heterocycles. The molecule has 0 rings (SSSR count). The van der Waals surface area contributed by atoms with Crippen molar-refractivity contribution in [2.24, 2.45) is 29.0 Å². The molecule has 288 valence electrons. The number of carbonyl (C=O) groups excluding carboxylic acids is 6. The zero-order valence-corrected chi connectivity index (χ0v) is 31.3. The molecular formula is C31H59N9O8S2. The summed E-state index contributed by atoms with van der Waals surface area (Å²) in [6, 6.07) is -6.50. The molecule has 0 aliphatic rings. The van der Waals surface area contributed by atoms with Crippen LogP contribution in [0, 0.1) is 11.8 Å². The van der Waals surface area contributed by atoms with Crippen LogP contribution in [0.5, 0.6) is 0 Å². The number of hydrogen-bond acceptors (Lipinski definition) is 12. The average molecular weight is 750 g/mol. The van der Waals surface area contributed by atoms with Crippen molar-refractivity contribution in [3.63, 3.8) is 0 Å². The first-order valence-electron chi connectivity index (χ1n) is 16.9. The number of nitrogens with one attached hydrogen (secondary N) is 6. The fourth-order valence-electron chi connectivity index (χ4n) is 4.63. The van der Waals surface area contributed by atoms with E-state index in [-0.39, 0.29) is 36.7 Å². The van der Waals surface area contributed by atoms with Crippen LogP contribution in [0.25, 0.3) is 0 Å². The third-order valence-electron chi connectivity index (χ3n) is 7.52. The Morgan fingerprint density at radius 2 is 1.12 bits per heavy atom. The first-order chi connectivity index (χ1) is 23.5. The van der Waals surface area contributed by atoms with Crippen molar-refractivity contribution in [3.8, 4) is 0 Å². The van der Waals surface area contributed by atoms with E-state index < -0.39 is 90.1 Å². The number of rotatable bonds is 26. The smallest absolute Gasteiger partial charge is 0.327 e. The molecule has 0 aromatic heterocycles. The van der Waals surface area contributed by atoms with Crippen molar-refractivity contribution in [1.29, 1.82) is 0 Å². The first kappa shape index (κ1) is 46.9. The number of thiol groups is 2. The molecule has 6 atom stereocenters. The van der Waals surface area contributed by atoms with Gasteiger partial charge >= 0.3 is 5.97 Å². The van der Waals surface area contributed by atoms with E-state index in [9.17, 15) is 38.7 Å². The minimum absolute atomic E-state index is 0.0654. The van der Waals surface area contributed by atoms with Gasteiger partial charge in [0.15, 0.2) is 0 Å². The number of aliphatic carboxylic acids is 1. The Hall–Kier alpha value is -3.13. The largest absolute Gasteiger partial charge is 0.480 e. The fourth-order valence-corrected chi connectivity index (χ4v) is 5.05. The van der Waals surface area contributed by atoms with Gasteiger partial charge in [0.2, 0.25) is 35.4 Å². The van der Waals surface area contributed by atoms with Crippen LogP contribution in [0.15, 0.2) is 0 Å². The maximum Gasteiger partial charge on any atom is 0.327 e. The summed E-state index contributed by atoms with van der Waals surface area (Å²) >= 11 is 7.96. The van der Waals surface area contributed by atoms with Crippen molar-refractivity contribution in [2.45, 2.75) is 109 Å². The molecule has 0 saturated carbocycles. The molecule has 13 N–H and O–H groups in total. The van der Waals surface area contributed by atoms with Gasteiger partial charge in [-0.2, -0.15) is 25.3 Å². The number of carboxylic acid groups (broad SMARTS) is 1. The Bertz CT molecular complexity index is 1120. The van der Waals surface area contributed by atoms with Crippen molar-refractivity contribution in [2.75, 3.05) is 31.1 Å². The molecular weight excluding hydrogens is 691 g/mol. The standard InChI is InChI=1S/C31H59N9O8S2/c1-17(2)13-22(29(45)40-25(18(3)4)30(46)39-23(16-50)31(47)48)38-28(44)21(10-6-8-12-33)36-24(41)14-35-27(43)20(9-5-7-11-32)37-26(42)19(34)15-49/h17-23,25,49-50H,5-16,32-34H2,1-4H3,(H,35,43)(H,36,41)(H,37,42)(H,38,44)(H,39,46)(H,40,45)(H,47,48)/t19-,20-,21-,22-,23-,25-/m0/s1. The lowest BCUT2D eigenvalue weighted by molar-refractivity contribution is -0.142. The molecule has 0 aliphatic carbocycles. The topological polar surface area (TPSA) is 290 Å². The van der Waals surface area contributed by atoms with Crippen molar-refractivity contribution >= 4 is 66.7 Å². The molecule has 0 radical (unpaired) electrons. The second kappa shape index (κ2) is 25.8. The molecule has 6 amide bonds. The summed E-state index contributed by atoms with van der Waals surface area (Å²) in [6.45, 7) is 7.25. The van der Waals surface area contributed by atoms with Gasteiger partial charge < -0.3 is 54.2 Å². The highest BCUT2D eigenvalue weighted by Gasteiger charge is 2.33. The molecule has 0 aromatic carbocycles.